The molecule has 0 amide bonds. The minimum absolute atomic E-state index is 0.955. The lowest BCUT2D eigenvalue weighted by Gasteiger charge is -2.06. The van der Waals surface area contributed by atoms with Crippen molar-refractivity contribution in [3.63, 3.8) is 0 Å². The molecule has 0 saturated carbocycles. The van der Waals surface area contributed by atoms with E-state index in [2.05, 4.69) is 26.0 Å². The molecule has 0 atom stereocenters. The summed E-state index contributed by atoms with van der Waals surface area (Å²) < 4.78 is 4.29. The van der Waals surface area contributed by atoms with Gasteiger partial charge in [0.1, 0.15) is 11.6 Å². The van der Waals surface area contributed by atoms with Gasteiger partial charge in [-0.2, -0.15) is 0 Å². The van der Waals surface area contributed by atoms with E-state index in [0.717, 1.165) is 31.6 Å². The predicted octanol–water partition coefficient (Wildman–Crippen LogP) is 1.81. The molecule has 0 unspecified atom stereocenters. The normalized spacial score (nSPS) is 10.9. The molecule has 0 bridgehead atoms. The molecule has 0 aromatic carbocycles. The number of rotatable bonds is 5. The van der Waals surface area contributed by atoms with Crippen molar-refractivity contribution in [3.05, 3.63) is 36.4 Å². The Bertz CT molecular complexity index is 441. The van der Waals surface area contributed by atoms with Gasteiger partial charge in [0, 0.05) is 51.2 Å². The van der Waals surface area contributed by atoms with Crippen molar-refractivity contribution in [2.45, 2.75) is 32.7 Å². The number of aryl methyl sites for hydroxylation is 4. The van der Waals surface area contributed by atoms with E-state index in [1.54, 1.807) is 0 Å². The van der Waals surface area contributed by atoms with Crippen LogP contribution in [0.3, 0.4) is 0 Å². The minimum Gasteiger partial charge on any atom is -0.338 e. The smallest absolute Gasteiger partial charge is 0.110 e. The van der Waals surface area contributed by atoms with E-state index in [9.17, 15) is 0 Å². The van der Waals surface area contributed by atoms with Gasteiger partial charge < -0.3 is 9.13 Å². The van der Waals surface area contributed by atoms with Crippen LogP contribution in [0, 0.1) is 0 Å². The van der Waals surface area contributed by atoms with E-state index in [0.29, 0.717) is 0 Å². The highest BCUT2D eigenvalue weighted by atomic mass is 15.1. The molecule has 0 aliphatic rings. The van der Waals surface area contributed by atoms with E-state index in [-0.39, 0.29) is 0 Å². The number of aromatic nitrogens is 4. The number of hydrogen-bond donors (Lipinski definition) is 0. The van der Waals surface area contributed by atoms with Crippen molar-refractivity contribution in [1.29, 1.82) is 0 Å². The average molecular weight is 218 g/mol. The van der Waals surface area contributed by atoms with Gasteiger partial charge >= 0.3 is 0 Å². The molecule has 2 heterocycles. The molecule has 0 N–H and O–H groups in total. The molecule has 2 aromatic heterocycles. The molecule has 0 spiro atoms. The van der Waals surface area contributed by atoms with Crippen molar-refractivity contribution >= 4 is 0 Å². The summed E-state index contributed by atoms with van der Waals surface area (Å²) in [4.78, 5) is 8.68. The largest absolute Gasteiger partial charge is 0.338 e. The molecule has 0 fully saturated rings. The van der Waals surface area contributed by atoms with E-state index in [1.807, 2.05) is 31.8 Å². The maximum absolute atomic E-state index is 4.36. The van der Waals surface area contributed by atoms with Crippen molar-refractivity contribution in [1.82, 2.24) is 19.1 Å². The Labute approximate surface area is 96.0 Å². The predicted molar refractivity (Wildman–Crippen MR) is 63.1 cm³/mol. The maximum Gasteiger partial charge on any atom is 0.110 e. The molecule has 16 heavy (non-hydrogen) atoms. The van der Waals surface area contributed by atoms with Crippen LogP contribution in [-0.4, -0.2) is 19.1 Å². The van der Waals surface area contributed by atoms with E-state index < -0.39 is 0 Å². The van der Waals surface area contributed by atoms with Gasteiger partial charge in [-0.05, 0) is 6.42 Å². The summed E-state index contributed by atoms with van der Waals surface area (Å²) in [7, 11) is 2.03. The third-order valence-electron chi connectivity index (χ3n) is 2.77. The van der Waals surface area contributed by atoms with Crippen LogP contribution in [0.1, 0.15) is 25.0 Å². The van der Waals surface area contributed by atoms with Gasteiger partial charge in [0.2, 0.25) is 0 Å². The lowest BCUT2D eigenvalue weighted by atomic mass is 10.3. The van der Waals surface area contributed by atoms with Crippen molar-refractivity contribution < 1.29 is 0 Å². The van der Waals surface area contributed by atoms with Crippen LogP contribution in [0.15, 0.2) is 24.8 Å². The second kappa shape index (κ2) is 4.96. The summed E-state index contributed by atoms with van der Waals surface area (Å²) >= 11 is 0. The number of imidazole rings is 2. The van der Waals surface area contributed by atoms with Gasteiger partial charge in [-0.1, -0.05) is 6.92 Å². The van der Waals surface area contributed by atoms with Crippen LogP contribution >= 0.6 is 0 Å². The monoisotopic (exact) mass is 218 g/mol. The van der Waals surface area contributed by atoms with Crippen molar-refractivity contribution in [3.8, 4) is 0 Å². The molecule has 2 rings (SSSR count). The van der Waals surface area contributed by atoms with E-state index in [1.165, 1.54) is 5.82 Å². The fourth-order valence-electron chi connectivity index (χ4n) is 1.85. The number of hydrogen-bond acceptors (Lipinski definition) is 2. The number of nitrogens with zero attached hydrogens (tertiary/aromatic N) is 4. The summed E-state index contributed by atoms with van der Waals surface area (Å²) in [6.45, 7) is 3.14. The quantitative estimate of drug-likeness (QED) is 0.767. The summed E-state index contributed by atoms with van der Waals surface area (Å²) in [5, 5.41) is 0. The maximum atomic E-state index is 4.36. The summed E-state index contributed by atoms with van der Waals surface area (Å²) in [6.07, 6.45) is 10.9. The summed E-state index contributed by atoms with van der Waals surface area (Å²) in [5.41, 5.74) is 0. The highest BCUT2D eigenvalue weighted by Crippen LogP contribution is 2.04. The first kappa shape index (κ1) is 10.9. The van der Waals surface area contributed by atoms with Crippen LogP contribution < -0.4 is 0 Å². The molecule has 4 heteroatoms. The first-order valence-corrected chi connectivity index (χ1v) is 5.77. The van der Waals surface area contributed by atoms with Crippen LogP contribution in [0.4, 0.5) is 0 Å². The molecular formula is C12H18N4. The Morgan fingerprint density at radius 1 is 1.06 bits per heavy atom. The molecule has 0 aliphatic heterocycles. The SMILES string of the molecule is CCCc1nccn1CCc1nccn1C. The topological polar surface area (TPSA) is 35.6 Å². The zero-order chi connectivity index (χ0) is 11.4. The third-order valence-corrected chi connectivity index (χ3v) is 2.77. The van der Waals surface area contributed by atoms with Crippen LogP contribution in [-0.2, 0) is 26.4 Å². The Morgan fingerprint density at radius 3 is 2.50 bits per heavy atom. The van der Waals surface area contributed by atoms with Gasteiger partial charge in [0.05, 0.1) is 0 Å². The highest BCUT2D eigenvalue weighted by molar-refractivity contribution is 4.95. The lowest BCUT2D eigenvalue weighted by molar-refractivity contribution is 0.615. The Morgan fingerprint density at radius 2 is 1.81 bits per heavy atom. The minimum atomic E-state index is 0.955. The van der Waals surface area contributed by atoms with Gasteiger partial charge in [0.15, 0.2) is 0 Å². The summed E-state index contributed by atoms with van der Waals surface area (Å²) in [5.74, 6) is 2.30. The van der Waals surface area contributed by atoms with Gasteiger partial charge in [0.25, 0.3) is 0 Å². The Kier molecular flexibility index (Phi) is 3.39. The van der Waals surface area contributed by atoms with Crippen LogP contribution in [0.25, 0.3) is 0 Å². The molecule has 4 nitrogen and oxygen atoms in total. The fourth-order valence-corrected chi connectivity index (χ4v) is 1.85. The third kappa shape index (κ3) is 2.32. The lowest BCUT2D eigenvalue weighted by Crippen LogP contribution is -2.08. The molecule has 2 aromatic rings. The highest BCUT2D eigenvalue weighted by Gasteiger charge is 2.03. The first-order chi connectivity index (χ1) is 7.81. The van der Waals surface area contributed by atoms with Crippen LogP contribution in [0.2, 0.25) is 0 Å². The first-order valence-electron chi connectivity index (χ1n) is 5.77. The molecule has 0 aliphatic carbocycles. The second-order valence-corrected chi connectivity index (χ2v) is 3.99. The standard InChI is InChI=1S/C12H18N4/c1-3-4-12-14-7-10-16(12)8-5-11-13-6-9-15(11)2/h6-7,9-10H,3-5,8H2,1-2H3. The molecular weight excluding hydrogens is 200 g/mol. The van der Waals surface area contributed by atoms with Crippen molar-refractivity contribution in [2.24, 2.45) is 7.05 Å². The van der Waals surface area contributed by atoms with E-state index in [4.69, 9.17) is 0 Å². The Balaban J connectivity index is 1.99. The van der Waals surface area contributed by atoms with Gasteiger partial charge in [-0.3, -0.25) is 0 Å². The van der Waals surface area contributed by atoms with Gasteiger partial charge in [-0.15, -0.1) is 0 Å². The van der Waals surface area contributed by atoms with E-state index >= 15 is 0 Å². The average Bonchev–Trinajstić information content (AvgIpc) is 2.86. The fraction of sp³-hybridized carbons (Fsp3) is 0.500. The zero-order valence-electron chi connectivity index (χ0n) is 9.93. The zero-order valence-corrected chi connectivity index (χ0v) is 9.93. The summed E-state index contributed by atoms with van der Waals surface area (Å²) in [6, 6.07) is 0. The molecule has 86 valence electrons. The second-order valence-electron chi connectivity index (χ2n) is 3.99. The van der Waals surface area contributed by atoms with Gasteiger partial charge in [-0.25, -0.2) is 9.97 Å². The molecule has 0 radical (unpaired) electrons. The Hall–Kier alpha value is -1.58. The van der Waals surface area contributed by atoms with Crippen molar-refractivity contribution in [2.75, 3.05) is 0 Å². The molecule has 0 saturated heterocycles. The van der Waals surface area contributed by atoms with Crippen LogP contribution in [0.5, 0.6) is 0 Å².